The molecule has 0 saturated heterocycles. The average molecular weight is 389 g/mol. The predicted molar refractivity (Wildman–Crippen MR) is 112 cm³/mol. The summed E-state index contributed by atoms with van der Waals surface area (Å²) in [6, 6.07) is 14.8. The molecule has 0 spiro atoms. The van der Waals surface area contributed by atoms with E-state index in [0.29, 0.717) is 23.4 Å². The topological polar surface area (TPSA) is 80.3 Å². The highest BCUT2D eigenvalue weighted by molar-refractivity contribution is 6.06. The standard InChI is InChI=1S/C23H23N3O3/c1-15-8-9-16(2)20(10-15)26-23(28)19-11-18(12-24-13-19)22(27)25-14-17-6-4-5-7-21(17)29-3/h4-13H,14H2,1-3H3,(H,25,27)(H,26,28). The summed E-state index contributed by atoms with van der Waals surface area (Å²) in [6.07, 6.45) is 2.88. The minimum Gasteiger partial charge on any atom is -0.496 e. The van der Waals surface area contributed by atoms with Gasteiger partial charge >= 0.3 is 0 Å². The van der Waals surface area contributed by atoms with E-state index in [-0.39, 0.29) is 11.8 Å². The molecule has 2 aromatic carbocycles. The van der Waals surface area contributed by atoms with Crippen molar-refractivity contribution in [3.63, 3.8) is 0 Å². The molecule has 0 radical (unpaired) electrons. The summed E-state index contributed by atoms with van der Waals surface area (Å²) in [6.45, 7) is 4.19. The number of hydrogen-bond donors (Lipinski definition) is 2. The summed E-state index contributed by atoms with van der Waals surface area (Å²) in [5, 5.41) is 5.71. The molecule has 0 aliphatic carbocycles. The van der Waals surface area contributed by atoms with E-state index in [1.165, 1.54) is 18.5 Å². The Labute approximate surface area is 169 Å². The zero-order valence-electron chi connectivity index (χ0n) is 16.7. The van der Waals surface area contributed by atoms with Crippen LogP contribution in [0.5, 0.6) is 5.75 Å². The number of carbonyl (C=O) groups excluding carboxylic acids is 2. The Balaban J connectivity index is 1.70. The SMILES string of the molecule is COc1ccccc1CNC(=O)c1cncc(C(=O)Nc2cc(C)ccc2C)c1. The lowest BCUT2D eigenvalue weighted by Crippen LogP contribution is -2.24. The Morgan fingerprint density at radius 1 is 0.966 bits per heavy atom. The van der Waals surface area contributed by atoms with Gasteiger partial charge in [-0.15, -0.1) is 0 Å². The average Bonchev–Trinajstić information content (AvgIpc) is 2.74. The number of benzene rings is 2. The van der Waals surface area contributed by atoms with Gasteiger partial charge in [0.15, 0.2) is 0 Å². The van der Waals surface area contributed by atoms with Crippen LogP contribution in [0.4, 0.5) is 5.69 Å². The van der Waals surface area contributed by atoms with Crippen molar-refractivity contribution in [3.8, 4) is 5.75 Å². The Hall–Kier alpha value is -3.67. The number of ether oxygens (including phenoxy) is 1. The largest absolute Gasteiger partial charge is 0.496 e. The number of methoxy groups -OCH3 is 1. The third-order valence-corrected chi connectivity index (χ3v) is 4.54. The second-order valence-electron chi connectivity index (χ2n) is 6.73. The molecular formula is C23H23N3O3. The number of nitrogens with zero attached hydrogens (tertiary/aromatic N) is 1. The van der Waals surface area contributed by atoms with Gasteiger partial charge < -0.3 is 15.4 Å². The lowest BCUT2D eigenvalue weighted by molar-refractivity contribution is 0.0950. The molecule has 148 valence electrons. The summed E-state index contributed by atoms with van der Waals surface area (Å²) >= 11 is 0. The maximum Gasteiger partial charge on any atom is 0.257 e. The van der Waals surface area contributed by atoms with E-state index in [2.05, 4.69) is 15.6 Å². The van der Waals surface area contributed by atoms with Gasteiger partial charge in [-0.3, -0.25) is 14.6 Å². The van der Waals surface area contributed by atoms with Gasteiger partial charge in [0, 0.05) is 30.2 Å². The Kier molecular flexibility index (Phi) is 6.24. The van der Waals surface area contributed by atoms with E-state index >= 15 is 0 Å². The van der Waals surface area contributed by atoms with Crippen LogP contribution >= 0.6 is 0 Å². The molecule has 0 saturated carbocycles. The second-order valence-corrected chi connectivity index (χ2v) is 6.73. The van der Waals surface area contributed by atoms with Crippen LogP contribution in [0, 0.1) is 13.8 Å². The predicted octanol–water partition coefficient (Wildman–Crippen LogP) is 3.89. The second kappa shape index (κ2) is 9.01. The highest BCUT2D eigenvalue weighted by Gasteiger charge is 2.13. The normalized spacial score (nSPS) is 10.3. The fraction of sp³-hybridized carbons (Fsp3) is 0.174. The first-order chi connectivity index (χ1) is 14.0. The number of amides is 2. The summed E-state index contributed by atoms with van der Waals surface area (Å²) in [7, 11) is 1.59. The highest BCUT2D eigenvalue weighted by Crippen LogP contribution is 2.18. The van der Waals surface area contributed by atoms with E-state index in [1.807, 2.05) is 56.3 Å². The first-order valence-corrected chi connectivity index (χ1v) is 9.21. The van der Waals surface area contributed by atoms with Crippen LogP contribution in [0.1, 0.15) is 37.4 Å². The smallest absolute Gasteiger partial charge is 0.257 e. The van der Waals surface area contributed by atoms with E-state index < -0.39 is 0 Å². The minimum absolute atomic E-state index is 0.307. The van der Waals surface area contributed by atoms with Crippen LogP contribution in [0.25, 0.3) is 0 Å². The number of nitrogens with one attached hydrogen (secondary N) is 2. The van der Waals surface area contributed by atoms with Crippen molar-refractivity contribution >= 4 is 17.5 Å². The van der Waals surface area contributed by atoms with Gasteiger partial charge in [-0.2, -0.15) is 0 Å². The summed E-state index contributed by atoms with van der Waals surface area (Å²) < 4.78 is 5.29. The molecule has 0 aliphatic heterocycles. The van der Waals surface area contributed by atoms with Crippen LogP contribution in [-0.2, 0) is 6.54 Å². The molecule has 2 amide bonds. The highest BCUT2D eigenvalue weighted by atomic mass is 16.5. The summed E-state index contributed by atoms with van der Waals surface area (Å²) in [4.78, 5) is 29.2. The molecule has 0 bridgehead atoms. The number of para-hydroxylation sites is 1. The first kappa shape index (κ1) is 20.1. The number of hydrogen-bond acceptors (Lipinski definition) is 4. The lowest BCUT2D eigenvalue weighted by atomic mass is 10.1. The maximum absolute atomic E-state index is 12.6. The van der Waals surface area contributed by atoms with Crippen molar-refractivity contribution in [1.82, 2.24) is 10.3 Å². The number of aromatic nitrogens is 1. The molecule has 0 fully saturated rings. The maximum atomic E-state index is 12.6. The van der Waals surface area contributed by atoms with E-state index in [1.54, 1.807) is 7.11 Å². The number of aryl methyl sites for hydroxylation is 2. The van der Waals surface area contributed by atoms with Gasteiger partial charge in [0.25, 0.3) is 11.8 Å². The zero-order chi connectivity index (χ0) is 20.8. The first-order valence-electron chi connectivity index (χ1n) is 9.21. The number of anilines is 1. The van der Waals surface area contributed by atoms with Crippen LogP contribution < -0.4 is 15.4 Å². The summed E-state index contributed by atoms with van der Waals surface area (Å²) in [5.74, 6) is 0.0722. The van der Waals surface area contributed by atoms with Gasteiger partial charge in [-0.05, 0) is 43.2 Å². The summed E-state index contributed by atoms with van der Waals surface area (Å²) in [5.41, 5.74) is 4.24. The van der Waals surface area contributed by atoms with E-state index in [4.69, 9.17) is 4.74 Å². The molecule has 6 heteroatoms. The van der Waals surface area contributed by atoms with Crippen LogP contribution in [-0.4, -0.2) is 23.9 Å². The van der Waals surface area contributed by atoms with Crippen molar-refractivity contribution in [2.24, 2.45) is 0 Å². The number of rotatable bonds is 6. The Morgan fingerprint density at radius 2 is 1.69 bits per heavy atom. The molecule has 3 rings (SSSR count). The van der Waals surface area contributed by atoms with Crippen LogP contribution in [0.15, 0.2) is 60.9 Å². The van der Waals surface area contributed by atoms with Crippen molar-refractivity contribution < 1.29 is 14.3 Å². The number of pyridine rings is 1. The molecule has 3 aromatic rings. The fourth-order valence-electron chi connectivity index (χ4n) is 2.88. The molecule has 29 heavy (non-hydrogen) atoms. The molecular weight excluding hydrogens is 366 g/mol. The van der Waals surface area contributed by atoms with Gasteiger partial charge in [0.05, 0.1) is 18.2 Å². The molecule has 1 heterocycles. The van der Waals surface area contributed by atoms with Crippen LogP contribution in [0.3, 0.4) is 0 Å². The molecule has 6 nitrogen and oxygen atoms in total. The van der Waals surface area contributed by atoms with E-state index in [9.17, 15) is 9.59 Å². The third-order valence-electron chi connectivity index (χ3n) is 4.54. The third kappa shape index (κ3) is 4.99. The minimum atomic E-state index is -0.315. The van der Waals surface area contributed by atoms with E-state index in [0.717, 1.165) is 22.4 Å². The van der Waals surface area contributed by atoms with Gasteiger partial charge in [0.1, 0.15) is 5.75 Å². The van der Waals surface area contributed by atoms with Crippen molar-refractivity contribution in [2.75, 3.05) is 12.4 Å². The van der Waals surface area contributed by atoms with Gasteiger partial charge in [-0.25, -0.2) is 0 Å². The molecule has 0 aliphatic rings. The molecule has 0 atom stereocenters. The van der Waals surface area contributed by atoms with Gasteiger partial charge in [-0.1, -0.05) is 30.3 Å². The molecule has 0 unspecified atom stereocenters. The molecule has 2 N–H and O–H groups in total. The van der Waals surface area contributed by atoms with Gasteiger partial charge in [0.2, 0.25) is 0 Å². The monoisotopic (exact) mass is 389 g/mol. The quantitative estimate of drug-likeness (QED) is 0.670. The Morgan fingerprint density at radius 3 is 2.45 bits per heavy atom. The lowest BCUT2D eigenvalue weighted by Gasteiger charge is -2.11. The molecule has 1 aromatic heterocycles. The fourth-order valence-corrected chi connectivity index (χ4v) is 2.88. The van der Waals surface area contributed by atoms with Crippen molar-refractivity contribution in [1.29, 1.82) is 0 Å². The Bertz CT molecular complexity index is 1050. The van der Waals surface area contributed by atoms with Crippen molar-refractivity contribution in [2.45, 2.75) is 20.4 Å². The zero-order valence-corrected chi connectivity index (χ0v) is 16.7. The van der Waals surface area contributed by atoms with Crippen LogP contribution in [0.2, 0.25) is 0 Å². The van der Waals surface area contributed by atoms with Crippen molar-refractivity contribution in [3.05, 3.63) is 88.7 Å². The number of carbonyl (C=O) groups is 2.